The van der Waals surface area contributed by atoms with Gasteiger partial charge in [0.05, 0.1) is 0 Å². The summed E-state index contributed by atoms with van der Waals surface area (Å²) in [6.45, 7) is 0.209. The predicted octanol–water partition coefficient (Wildman–Crippen LogP) is 7.04. The van der Waals surface area contributed by atoms with Crippen molar-refractivity contribution < 1.29 is 13.5 Å². The van der Waals surface area contributed by atoms with Crippen molar-refractivity contribution in [2.45, 2.75) is 6.61 Å². The van der Waals surface area contributed by atoms with Gasteiger partial charge in [0.2, 0.25) is 0 Å². The highest BCUT2D eigenvalue weighted by molar-refractivity contribution is 7.50. The first kappa shape index (κ1) is 16.1. The van der Waals surface area contributed by atoms with Crippen molar-refractivity contribution in [2.75, 3.05) is 0 Å². The van der Waals surface area contributed by atoms with Gasteiger partial charge in [-0.2, -0.15) is 4.39 Å². The quantitative estimate of drug-likeness (QED) is 0.314. The molecule has 0 bridgehead atoms. The molecular weight excluding hydrogens is 359 g/mol. The van der Waals surface area contributed by atoms with Gasteiger partial charge in [-0.3, -0.25) is 0 Å². The van der Waals surface area contributed by atoms with E-state index in [1.165, 1.54) is 31.1 Å². The van der Waals surface area contributed by atoms with Crippen LogP contribution >= 0.6 is 10.5 Å². The first-order valence-corrected chi connectivity index (χ1v) is 9.92. The van der Waals surface area contributed by atoms with E-state index in [9.17, 15) is 4.39 Å². The number of ether oxygens (including phenoxy) is 1. The Labute approximate surface area is 158 Å². The summed E-state index contributed by atoms with van der Waals surface area (Å²) in [4.78, 5) is 1.25. The molecule has 3 aromatic carbocycles. The van der Waals surface area contributed by atoms with Crippen LogP contribution in [-0.4, -0.2) is 0 Å². The fraction of sp³-hybridized carbons (Fsp3) is 0.0435. The second-order valence-corrected chi connectivity index (χ2v) is 8.23. The highest BCUT2D eigenvalue weighted by atomic mass is 32.2. The topological polar surface area (TPSA) is 22.4 Å². The van der Waals surface area contributed by atoms with Crippen molar-refractivity contribution >= 4 is 30.6 Å². The van der Waals surface area contributed by atoms with Gasteiger partial charge in [0.1, 0.15) is 18.1 Å². The number of fused-ring (bicyclic) bond motifs is 3. The number of hydrogen-bond donors (Lipinski definition) is 0. The van der Waals surface area contributed by atoms with Gasteiger partial charge in [0.15, 0.2) is 14.3 Å². The lowest BCUT2D eigenvalue weighted by Crippen LogP contribution is -1.93. The zero-order valence-electron chi connectivity index (χ0n) is 14.4. The Morgan fingerprint density at radius 2 is 1.37 bits per heavy atom. The molecule has 0 spiro atoms. The molecule has 0 atom stereocenters. The highest BCUT2D eigenvalue weighted by Crippen LogP contribution is 2.48. The Balaban J connectivity index is 1.51. The Morgan fingerprint density at radius 1 is 0.741 bits per heavy atom. The lowest BCUT2D eigenvalue weighted by atomic mass is 10.2. The molecule has 132 valence electrons. The highest BCUT2D eigenvalue weighted by Gasteiger charge is 2.22. The number of thiophene rings is 1. The van der Waals surface area contributed by atoms with Gasteiger partial charge in [-0.05, 0) is 42.5 Å². The molecule has 5 rings (SSSR count). The first-order valence-electron chi connectivity index (χ1n) is 8.69. The Hall–Kier alpha value is -3.11. The summed E-state index contributed by atoms with van der Waals surface area (Å²) in [5.74, 6) is 1.21. The van der Waals surface area contributed by atoms with E-state index < -0.39 is 6.01 Å². The largest absolute Gasteiger partial charge is 0.486 e. The van der Waals surface area contributed by atoms with E-state index in [2.05, 4.69) is 60.7 Å². The molecule has 0 aliphatic heterocycles. The minimum Gasteiger partial charge on any atom is -0.486 e. The molecule has 0 saturated carbocycles. The lowest BCUT2D eigenvalue weighted by Gasteiger charge is -2.03. The van der Waals surface area contributed by atoms with Crippen molar-refractivity contribution in [3.8, 4) is 10.6 Å². The van der Waals surface area contributed by atoms with Crippen LogP contribution in [0, 0.1) is 6.01 Å². The molecule has 2 nitrogen and oxygen atoms in total. The van der Waals surface area contributed by atoms with Crippen LogP contribution in [0.1, 0.15) is 5.76 Å². The number of halogens is 1. The molecule has 0 unspecified atom stereocenters. The number of hydrogen-bond acceptors (Lipinski definition) is 2. The molecule has 0 aliphatic rings. The van der Waals surface area contributed by atoms with Crippen molar-refractivity contribution in [1.29, 1.82) is 0 Å². The number of benzene rings is 3. The minimum atomic E-state index is -0.594. The van der Waals surface area contributed by atoms with Gasteiger partial charge in [0.25, 0.3) is 6.01 Å². The summed E-state index contributed by atoms with van der Waals surface area (Å²) in [6, 6.07) is 27.6. The van der Waals surface area contributed by atoms with E-state index in [4.69, 9.17) is 9.15 Å². The molecule has 0 saturated heterocycles. The standard InChI is InChI=1S/C23H16FO2S/c24-23-14-11-17(26-23)15-25-16-9-12-18(13-10-16)27-21-7-3-1-5-19(21)20-6-2-4-8-22(20)27/h1-14H,15H2/q+1. The molecule has 0 radical (unpaired) electrons. The number of furan rings is 1. The Morgan fingerprint density at radius 3 is 1.96 bits per heavy atom. The maximum atomic E-state index is 12.9. The predicted molar refractivity (Wildman–Crippen MR) is 108 cm³/mol. The van der Waals surface area contributed by atoms with Crippen LogP contribution in [0.4, 0.5) is 4.39 Å². The Kier molecular flexibility index (Phi) is 3.91. The fourth-order valence-corrected chi connectivity index (χ4v) is 5.74. The second kappa shape index (κ2) is 6.56. The van der Waals surface area contributed by atoms with Crippen LogP contribution < -0.4 is 4.74 Å². The average molecular weight is 375 g/mol. The van der Waals surface area contributed by atoms with Gasteiger partial charge >= 0.3 is 0 Å². The van der Waals surface area contributed by atoms with E-state index >= 15 is 0 Å². The van der Waals surface area contributed by atoms with E-state index in [0.717, 1.165) is 5.75 Å². The van der Waals surface area contributed by atoms with Crippen molar-refractivity contribution in [1.82, 2.24) is 0 Å². The van der Waals surface area contributed by atoms with Gasteiger partial charge in [-0.1, -0.05) is 24.3 Å². The van der Waals surface area contributed by atoms with Crippen LogP contribution in [0.3, 0.4) is 0 Å². The van der Waals surface area contributed by atoms with E-state index in [-0.39, 0.29) is 17.1 Å². The SMILES string of the molecule is Fc1ccc(COc2ccc(-[s+]3c4ccccc4c4ccccc43)cc2)o1. The average Bonchev–Trinajstić information content (AvgIpc) is 3.28. The van der Waals surface area contributed by atoms with E-state index in [0.29, 0.717) is 5.76 Å². The van der Waals surface area contributed by atoms with Crippen LogP contribution in [0.5, 0.6) is 5.75 Å². The van der Waals surface area contributed by atoms with Crippen molar-refractivity contribution in [3.63, 3.8) is 0 Å². The molecule has 27 heavy (non-hydrogen) atoms. The molecule has 4 heteroatoms. The maximum Gasteiger partial charge on any atom is 0.278 e. The summed E-state index contributed by atoms with van der Waals surface area (Å²) in [5.41, 5.74) is 0. The van der Waals surface area contributed by atoms with Crippen molar-refractivity contribution in [3.05, 3.63) is 96.7 Å². The molecule has 2 heterocycles. The monoisotopic (exact) mass is 375 g/mol. The second-order valence-electron chi connectivity index (χ2n) is 6.26. The van der Waals surface area contributed by atoms with Crippen LogP contribution in [0.25, 0.3) is 25.1 Å². The molecule has 5 aromatic rings. The third-order valence-corrected chi connectivity index (χ3v) is 6.91. The summed E-state index contributed by atoms with van der Waals surface area (Å²) >= 11 is 0. The van der Waals surface area contributed by atoms with Gasteiger partial charge in [0, 0.05) is 39.4 Å². The summed E-state index contributed by atoms with van der Waals surface area (Å²) < 4.78 is 26.2. The molecule has 0 aliphatic carbocycles. The van der Waals surface area contributed by atoms with E-state index in [1.807, 2.05) is 12.1 Å². The molecule has 0 N–H and O–H groups in total. The van der Waals surface area contributed by atoms with Crippen LogP contribution in [0.2, 0.25) is 0 Å². The minimum absolute atomic E-state index is 0.109. The third kappa shape index (κ3) is 2.88. The van der Waals surface area contributed by atoms with Gasteiger partial charge in [-0.25, -0.2) is 0 Å². The first-order chi connectivity index (χ1) is 13.3. The zero-order chi connectivity index (χ0) is 18.2. The molecule has 2 aromatic heterocycles. The summed E-state index contributed by atoms with van der Waals surface area (Å²) in [7, 11) is -0.109. The Bertz CT molecular complexity index is 1180. The van der Waals surface area contributed by atoms with Crippen LogP contribution in [-0.2, 0) is 6.61 Å². The van der Waals surface area contributed by atoms with Crippen molar-refractivity contribution in [2.24, 2.45) is 0 Å². The van der Waals surface area contributed by atoms with Gasteiger partial charge in [-0.15, -0.1) is 0 Å². The number of rotatable bonds is 4. The van der Waals surface area contributed by atoms with Gasteiger partial charge < -0.3 is 9.15 Å². The maximum absolute atomic E-state index is 12.9. The lowest BCUT2D eigenvalue weighted by molar-refractivity contribution is 0.244. The molecule has 0 amide bonds. The third-order valence-electron chi connectivity index (χ3n) is 4.57. The zero-order valence-corrected chi connectivity index (χ0v) is 15.2. The summed E-state index contributed by atoms with van der Waals surface area (Å²) in [5, 5.41) is 2.63. The normalized spacial score (nSPS) is 11.3. The molecular formula is C23H16FO2S+. The van der Waals surface area contributed by atoms with E-state index in [1.54, 1.807) is 6.07 Å². The summed E-state index contributed by atoms with van der Waals surface area (Å²) in [6.07, 6.45) is 0. The van der Waals surface area contributed by atoms with Crippen LogP contribution in [0.15, 0.2) is 89.3 Å². The smallest absolute Gasteiger partial charge is 0.278 e. The fourth-order valence-electron chi connectivity index (χ4n) is 3.36. The molecule has 0 fully saturated rings.